The molecule has 0 radical (unpaired) electrons. The number of aryl methyl sites for hydroxylation is 1. The summed E-state index contributed by atoms with van der Waals surface area (Å²) < 4.78 is 1.51. The highest BCUT2D eigenvalue weighted by atomic mass is 16.2. The van der Waals surface area contributed by atoms with Gasteiger partial charge in [0.05, 0.1) is 0 Å². The van der Waals surface area contributed by atoms with E-state index in [1.165, 1.54) is 10.9 Å². The Bertz CT molecular complexity index is 887. The minimum absolute atomic E-state index is 0.234. The average molecular weight is 340 g/mol. The number of fused-ring (bicyclic) bond motifs is 1. The molecule has 0 saturated heterocycles. The summed E-state index contributed by atoms with van der Waals surface area (Å²) in [6.45, 7) is 2.79. The molecule has 8 heteroatoms. The van der Waals surface area contributed by atoms with E-state index < -0.39 is 0 Å². The largest absolute Gasteiger partial charge is 0.384 e. The second kappa shape index (κ2) is 7.16. The molecule has 0 aliphatic carbocycles. The normalized spacial score (nSPS) is 15.8. The Kier molecular flexibility index (Phi) is 4.78. The van der Waals surface area contributed by atoms with Gasteiger partial charge in [0.25, 0.3) is 11.5 Å². The van der Waals surface area contributed by atoms with Crippen LogP contribution in [0.4, 0.5) is 17.3 Å². The van der Waals surface area contributed by atoms with E-state index in [0.717, 1.165) is 6.42 Å². The molecule has 2 aromatic heterocycles. The first-order valence-electron chi connectivity index (χ1n) is 8.08. The highest BCUT2D eigenvalue weighted by molar-refractivity contribution is 5.94. The van der Waals surface area contributed by atoms with Crippen LogP contribution >= 0.6 is 0 Å². The van der Waals surface area contributed by atoms with E-state index in [9.17, 15) is 9.59 Å². The number of nitrogen functional groups attached to an aromatic ring is 1. The molecule has 2 aromatic rings. The van der Waals surface area contributed by atoms with Crippen LogP contribution in [-0.2, 0) is 6.54 Å². The van der Waals surface area contributed by atoms with Gasteiger partial charge in [0.15, 0.2) is 0 Å². The van der Waals surface area contributed by atoms with Gasteiger partial charge < -0.3 is 20.9 Å². The fraction of sp³-hybridized carbons (Fsp3) is 0.294. The van der Waals surface area contributed by atoms with Gasteiger partial charge in [-0.05, 0) is 31.4 Å². The molecule has 1 amide bonds. The molecular weight excluding hydrogens is 320 g/mol. The third-order valence-corrected chi connectivity index (χ3v) is 3.93. The average Bonchev–Trinajstić information content (AvgIpc) is 2.57. The number of hydrogen-bond acceptors (Lipinski definition) is 6. The van der Waals surface area contributed by atoms with Crippen LogP contribution in [0.5, 0.6) is 0 Å². The fourth-order valence-electron chi connectivity index (χ4n) is 2.78. The fourth-order valence-corrected chi connectivity index (χ4v) is 2.78. The summed E-state index contributed by atoms with van der Waals surface area (Å²) in [6, 6.07) is 3.20. The molecule has 25 heavy (non-hydrogen) atoms. The number of carbonyl (C=O) groups excluding carboxylic acids is 1. The van der Waals surface area contributed by atoms with Crippen LogP contribution in [0, 0.1) is 6.92 Å². The van der Waals surface area contributed by atoms with E-state index in [2.05, 4.69) is 20.6 Å². The van der Waals surface area contributed by atoms with E-state index in [0.29, 0.717) is 48.1 Å². The minimum atomic E-state index is -0.276. The van der Waals surface area contributed by atoms with Gasteiger partial charge in [-0.1, -0.05) is 12.2 Å². The summed E-state index contributed by atoms with van der Waals surface area (Å²) in [5.74, 6) is 0.495. The number of nitrogens with one attached hydrogen (secondary N) is 2. The number of nitrogens with two attached hydrogens (primary N) is 1. The van der Waals surface area contributed by atoms with Gasteiger partial charge in [0, 0.05) is 19.2 Å². The standard InChI is InChI=1S/C17H20N6O2/c1-11-8-12(22-14-9-13(18)20-10-21-14)17(25)23-7-5-3-2-4-6-19-16(24)15(11)23/h2-3,8-10H,4-7H2,1H3,(H,19,24)(H3,18,20,21,22)/b3-2-. The first-order valence-corrected chi connectivity index (χ1v) is 8.08. The smallest absolute Gasteiger partial charge is 0.274 e. The summed E-state index contributed by atoms with van der Waals surface area (Å²) in [7, 11) is 0. The Morgan fingerprint density at radius 2 is 2.00 bits per heavy atom. The lowest BCUT2D eigenvalue weighted by molar-refractivity contribution is 0.0942. The molecule has 0 unspecified atom stereocenters. The lowest BCUT2D eigenvalue weighted by Crippen LogP contribution is -2.35. The SMILES string of the molecule is Cc1cc(Nc2cc(N)ncn2)c(=O)n2c1C(=O)NCC/C=C\CC2. The van der Waals surface area contributed by atoms with Gasteiger partial charge in [-0.3, -0.25) is 9.59 Å². The van der Waals surface area contributed by atoms with Crippen molar-refractivity contribution < 1.29 is 4.79 Å². The Morgan fingerprint density at radius 1 is 1.20 bits per heavy atom. The minimum Gasteiger partial charge on any atom is -0.384 e. The van der Waals surface area contributed by atoms with Crippen LogP contribution in [0.3, 0.4) is 0 Å². The van der Waals surface area contributed by atoms with Crippen molar-refractivity contribution >= 4 is 23.2 Å². The van der Waals surface area contributed by atoms with Gasteiger partial charge in [0.1, 0.15) is 29.3 Å². The molecule has 1 aliphatic heterocycles. The monoisotopic (exact) mass is 340 g/mol. The van der Waals surface area contributed by atoms with Crippen molar-refractivity contribution in [1.29, 1.82) is 0 Å². The van der Waals surface area contributed by atoms with Crippen LogP contribution in [0.2, 0.25) is 0 Å². The molecule has 4 N–H and O–H groups in total. The zero-order valence-corrected chi connectivity index (χ0v) is 14.0. The number of amides is 1. The Balaban J connectivity index is 2.05. The molecule has 1 aliphatic rings. The van der Waals surface area contributed by atoms with Crippen LogP contribution in [0.15, 0.2) is 35.4 Å². The quantitative estimate of drug-likeness (QED) is 0.711. The number of aromatic nitrogens is 3. The third kappa shape index (κ3) is 3.68. The maximum atomic E-state index is 12.9. The van der Waals surface area contributed by atoms with Crippen molar-refractivity contribution in [2.45, 2.75) is 26.3 Å². The summed E-state index contributed by atoms with van der Waals surface area (Å²) in [6.07, 6.45) is 6.82. The highest BCUT2D eigenvalue weighted by Gasteiger charge is 2.19. The maximum Gasteiger partial charge on any atom is 0.274 e. The molecule has 3 rings (SSSR count). The molecule has 0 saturated carbocycles. The van der Waals surface area contributed by atoms with Gasteiger partial charge in [-0.15, -0.1) is 0 Å². The molecule has 0 spiro atoms. The van der Waals surface area contributed by atoms with Crippen LogP contribution in [0.1, 0.15) is 28.9 Å². The van der Waals surface area contributed by atoms with Crippen LogP contribution in [0.25, 0.3) is 0 Å². The lowest BCUT2D eigenvalue weighted by Gasteiger charge is -2.18. The molecule has 0 aromatic carbocycles. The van der Waals surface area contributed by atoms with Crippen molar-refractivity contribution in [3.8, 4) is 0 Å². The van der Waals surface area contributed by atoms with E-state index in [1.807, 2.05) is 19.1 Å². The van der Waals surface area contributed by atoms with E-state index in [-0.39, 0.29) is 11.5 Å². The Morgan fingerprint density at radius 3 is 2.80 bits per heavy atom. The molecule has 130 valence electrons. The third-order valence-electron chi connectivity index (χ3n) is 3.93. The summed E-state index contributed by atoms with van der Waals surface area (Å²) in [4.78, 5) is 33.2. The van der Waals surface area contributed by atoms with E-state index in [4.69, 9.17) is 5.73 Å². The van der Waals surface area contributed by atoms with Crippen LogP contribution < -0.4 is 21.9 Å². The predicted molar refractivity (Wildman–Crippen MR) is 95.9 cm³/mol. The van der Waals surface area contributed by atoms with Gasteiger partial charge >= 0.3 is 0 Å². The number of anilines is 3. The zero-order valence-electron chi connectivity index (χ0n) is 14.0. The number of allylic oxidation sites excluding steroid dienone is 1. The van der Waals surface area contributed by atoms with Gasteiger partial charge in [0.2, 0.25) is 0 Å². The first kappa shape index (κ1) is 16.7. The molecular formula is C17H20N6O2. The van der Waals surface area contributed by atoms with Crippen molar-refractivity contribution in [3.05, 3.63) is 52.2 Å². The Hall–Kier alpha value is -3.16. The summed E-state index contributed by atoms with van der Waals surface area (Å²) in [5, 5.41) is 5.81. The number of pyridine rings is 1. The summed E-state index contributed by atoms with van der Waals surface area (Å²) in [5.41, 5.74) is 6.82. The second-order valence-corrected chi connectivity index (χ2v) is 5.80. The number of hydrogen-bond donors (Lipinski definition) is 3. The lowest BCUT2D eigenvalue weighted by atomic mass is 10.1. The van der Waals surface area contributed by atoms with Gasteiger partial charge in [-0.2, -0.15) is 0 Å². The van der Waals surface area contributed by atoms with Crippen molar-refractivity contribution in [1.82, 2.24) is 19.9 Å². The van der Waals surface area contributed by atoms with Crippen molar-refractivity contribution in [3.63, 3.8) is 0 Å². The molecule has 0 bridgehead atoms. The maximum absolute atomic E-state index is 12.9. The second-order valence-electron chi connectivity index (χ2n) is 5.80. The number of nitrogens with zero attached hydrogens (tertiary/aromatic N) is 3. The highest BCUT2D eigenvalue weighted by Crippen LogP contribution is 2.17. The first-order chi connectivity index (χ1) is 12.1. The number of carbonyl (C=O) groups is 1. The Labute approximate surface area is 144 Å². The summed E-state index contributed by atoms with van der Waals surface area (Å²) >= 11 is 0. The molecule has 0 atom stereocenters. The molecule has 3 heterocycles. The van der Waals surface area contributed by atoms with E-state index in [1.54, 1.807) is 12.1 Å². The molecule has 0 fully saturated rings. The van der Waals surface area contributed by atoms with Crippen molar-refractivity contribution in [2.75, 3.05) is 17.6 Å². The van der Waals surface area contributed by atoms with Crippen molar-refractivity contribution in [2.24, 2.45) is 0 Å². The molecule has 8 nitrogen and oxygen atoms in total. The van der Waals surface area contributed by atoms with Gasteiger partial charge in [-0.25, -0.2) is 9.97 Å². The number of rotatable bonds is 2. The van der Waals surface area contributed by atoms with E-state index >= 15 is 0 Å². The topological polar surface area (TPSA) is 115 Å². The predicted octanol–water partition coefficient (Wildman–Crippen LogP) is 1.35. The van der Waals surface area contributed by atoms with Crippen LogP contribution in [-0.4, -0.2) is 27.0 Å². The zero-order chi connectivity index (χ0) is 17.8.